The van der Waals surface area contributed by atoms with E-state index in [2.05, 4.69) is 36.7 Å². The summed E-state index contributed by atoms with van der Waals surface area (Å²) in [5.74, 6) is 1.41. The highest BCUT2D eigenvalue weighted by Gasteiger charge is 2.07. The third-order valence-corrected chi connectivity index (χ3v) is 3.67. The largest absolute Gasteiger partial charge is 0.381 e. The van der Waals surface area contributed by atoms with Crippen molar-refractivity contribution in [2.45, 2.75) is 46.5 Å². The second-order valence-corrected chi connectivity index (χ2v) is 4.86. The summed E-state index contributed by atoms with van der Waals surface area (Å²) in [4.78, 5) is 0. The van der Waals surface area contributed by atoms with E-state index in [4.69, 9.17) is 4.74 Å². The number of ether oxygens (including phenoxy) is 1. The molecule has 0 amide bonds. The highest BCUT2D eigenvalue weighted by Crippen LogP contribution is 2.13. The van der Waals surface area contributed by atoms with Crippen LogP contribution in [0.5, 0.6) is 0 Å². The number of halogens is 1. The Bertz CT molecular complexity index is 117. The van der Waals surface area contributed by atoms with Gasteiger partial charge in [-0.1, -0.05) is 56.0 Å². The summed E-state index contributed by atoms with van der Waals surface area (Å²) < 4.78 is 5.71. The highest BCUT2D eigenvalue weighted by atomic mass is 79.9. The fraction of sp³-hybridized carbons (Fsp3) is 1.00. The molecule has 0 aromatic heterocycles. The first-order valence-corrected chi connectivity index (χ1v) is 7.00. The molecule has 14 heavy (non-hydrogen) atoms. The summed E-state index contributed by atoms with van der Waals surface area (Å²) >= 11 is 3.46. The Labute approximate surface area is 97.7 Å². The third kappa shape index (κ3) is 7.81. The molecular weight excluding hydrogens is 240 g/mol. The van der Waals surface area contributed by atoms with Crippen molar-refractivity contribution in [1.82, 2.24) is 0 Å². The summed E-state index contributed by atoms with van der Waals surface area (Å²) in [6, 6.07) is 0. The van der Waals surface area contributed by atoms with Crippen LogP contribution < -0.4 is 0 Å². The molecular formula is C12H25BrO. The van der Waals surface area contributed by atoms with Gasteiger partial charge in [0.15, 0.2) is 0 Å². The fourth-order valence-electron chi connectivity index (χ4n) is 1.38. The van der Waals surface area contributed by atoms with Crippen LogP contribution in [0.4, 0.5) is 0 Å². The minimum atomic E-state index is 0.638. The van der Waals surface area contributed by atoms with Gasteiger partial charge in [0.1, 0.15) is 0 Å². The Kier molecular flexibility index (Phi) is 10.3. The Morgan fingerprint density at radius 3 is 2.43 bits per heavy atom. The lowest BCUT2D eigenvalue weighted by atomic mass is 10.0. The molecule has 0 aliphatic rings. The fourth-order valence-corrected chi connectivity index (χ4v) is 1.57. The van der Waals surface area contributed by atoms with Crippen molar-refractivity contribution >= 4 is 15.9 Å². The molecule has 0 fully saturated rings. The lowest BCUT2D eigenvalue weighted by Crippen LogP contribution is -2.13. The third-order valence-electron chi connectivity index (χ3n) is 2.56. The first-order valence-electron chi connectivity index (χ1n) is 5.88. The molecule has 0 spiro atoms. The van der Waals surface area contributed by atoms with E-state index in [1.165, 1.54) is 25.7 Å². The van der Waals surface area contributed by atoms with E-state index >= 15 is 0 Å². The number of hydrogen-bond donors (Lipinski definition) is 0. The van der Waals surface area contributed by atoms with Gasteiger partial charge < -0.3 is 4.74 Å². The van der Waals surface area contributed by atoms with Crippen molar-refractivity contribution < 1.29 is 4.74 Å². The van der Waals surface area contributed by atoms with Crippen molar-refractivity contribution in [3.63, 3.8) is 0 Å². The van der Waals surface area contributed by atoms with E-state index < -0.39 is 0 Å². The maximum absolute atomic E-state index is 5.71. The van der Waals surface area contributed by atoms with Crippen LogP contribution in [-0.4, -0.2) is 18.5 Å². The van der Waals surface area contributed by atoms with E-state index in [1.807, 2.05) is 0 Å². The molecule has 86 valence electrons. The zero-order valence-electron chi connectivity index (χ0n) is 9.89. The molecule has 2 atom stereocenters. The topological polar surface area (TPSA) is 9.23 Å². The Hall–Kier alpha value is 0.440. The summed E-state index contributed by atoms with van der Waals surface area (Å²) in [6.07, 6.45) is 5.22. The number of alkyl halides is 1. The van der Waals surface area contributed by atoms with Gasteiger partial charge in [-0.3, -0.25) is 0 Å². The summed E-state index contributed by atoms with van der Waals surface area (Å²) in [5, 5.41) is 1.04. The van der Waals surface area contributed by atoms with Gasteiger partial charge in [-0.2, -0.15) is 0 Å². The van der Waals surface area contributed by atoms with Crippen molar-refractivity contribution in [1.29, 1.82) is 0 Å². The SMILES string of the molecule is CCCCC(CC)COCC(C)CBr. The van der Waals surface area contributed by atoms with Gasteiger partial charge in [0, 0.05) is 18.5 Å². The van der Waals surface area contributed by atoms with Crippen LogP contribution in [0, 0.1) is 11.8 Å². The molecule has 0 heterocycles. The van der Waals surface area contributed by atoms with Crippen LogP contribution in [0.2, 0.25) is 0 Å². The standard InChI is InChI=1S/C12H25BrO/c1-4-6-7-12(5-2)10-14-9-11(3)8-13/h11-12H,4-10H2,1-3H3. The van der Waals surface area contributed by atoms with Crippen molar-refractivity contribution in [3.05, 3.63) is 0 Å². The van der Waals surface area contributed by atoms with Crippen molar-refractivity contribution in [2.24, 2.45) is 11.8 Å². The normalized spacial score (nSPS) is 15.4. The first kappa shape index (κ1) is 14.4. The molecule has 0 aliphatic heterocycles. The number of hydrogen-bond acceptors (Lipinski definition) is 1. The predicted octanol–water partition coefficient (Wildman–Crippen LogP) is 4.25. The molecule has 0 bridgehead atoms. The maximum atomic E-state index is 5.71. The van der Waals surface area contributed by atoms with Crippen LogP contribution in [0.3, 0.4) is 0 Å². The van der Waals surface area contributed by atoms with Gasteiger partial charge in [0.2, 0.25) is 0 Å². The second kappa shape index (κ2) is 9.97. The van der Waals surface area contributed by atoms with Gasteiger partial charge in [-0.25, -0.2) is 0 Å². The monoisotopic (exact) mass is 264 g/mol. The molecule has 0 rings (SSSR count). The average molecular weight is 265 g/mol. The Morgan fingerprint density at radius 2 is 1.93 bits per heavy atom. The van der Waals surface area contributed by atoms with Crippen molar-refractivity contribution in [2.75, 3.05) is 18.5 Å². The van der Waals surface area contributed by atoms with Gasteiger partial charge in [-0.05, 0) is 18.3 Å². The lowest BCUT2D eigenvalue weighted by Gasteiger charge is -2.16. The molecule has 0 saturated carbocycles. The van der Waals surface area contributed by atoms with E-state index in [0.717, 1.165) is 24.5 Å². The molecule has 0 saturated heterocycles. The quantitative estimate of drug-likeness (QED) is 0.566. The van der Waals surface area contributed by atoms with E-state index in [0.29, 0.717) is 5.92 Å². The van der Waals surface area contributed by atoms with E-state index in [1.54, 1.807) is 0 Å². The molecule has 0 N–H and O–H groups in total. The molecule has 1 nitrogen and oxygen atoms in total. The van der Waals surface area contributed by atoms with Gasteiger partial charge in [0.25, 0.3) is 0 Å². The van der Waals surface area contributed by atoms with Crippen LogP contribution in [-0.2, 0) is 4.74 Å². The van der Waals surface area contributed by atoms with E-state index in [9.17, 15) is 0 Å². The maximum Gasteiger partial charge on any atom is 0.0499 e. The van der Waals surface area contributed by atoms with E-state index in [-0.39, 0.29) is 0 Å². The number of rotatable bonds is 9. The van der Waals surface area contributed by atoms with Crippen molar-refractivity contribution in [3.8, 4) is 0 Å². The zero-order chi connectivity index (χ0) is 10.8. The highest BCUT2D eigenvalue weighted by molar-refractivity contribution is 9.09. The molecule has 0 radical (unpaired) electrons. The molecule has 0 aromatic rings. The molecule has 2 unspecified atom stereocenters. The van der Waals surface area contributed by atoms with Gasteiger partial charge in [0.05, 0.1) is 0 Å². The van der Waals surface area contributed by atoms with Crippen LogP contribution >= 0.6 is 15.9 Å². The molecule has 2 heteroatoms. The zero-order valence-corrected chi connectivity index (χ0v) is 11.5. The molecule has 0 aliphatic carbocycles. The van der Waals surface area contributed by atoms with Crippen LogP contribution in [0.1, 0.15) is 46.5 Å². The van der Waals surface area contributed by atoms with Crippen LogP contribution in [0.15, 0.2) is 0 Å². The smallest absolute Gasteiger partial charge is 0.0499 e. The van der Waals surface area contributed by atoms with Gasteiger partial charge in [-0.15, -0.1) is 0 Å². The number of unbranched alkanes of at least 4 members (excludes halogenated alkanes) is 1. The second-order valence-electron chi connectivity index (χ2n) is 4.21. The first-order chi connectivity index (χ1) is 6.74. The summed E-state index contributed by atoms with van der Waals surface area (Å²) in [6.45, 7) is 8.57. The Balaban J connectivity index is 3.42. The minimum absolute atomic E-state index is 0.638. The molecule has 0 aromatic carbocycles. The Morgan fingerprint density at radius 1 is 1.21 bits per heavy atom. The average Bonchev–Trinajstić information content (AvgIpc) is 2.22. The summed E-state index contributed by atoms with van der Waals surface area (Å²) in [5.41, 5.74) is 0. The predicted molar refractivity (Wildman–Crippen MR) is 67.1 cm³/mol. The van der Waals surface area contributed by atoms with Gasteiger partial charge >= 0.3 is 0 Å². The van der Waals surface area contributed by atoms with Crippen LogP contribution in [0.25, 0.3) is 0 Å². The lowest BCUT2D eigenvalue weighted by molar-refractivity contribution is 0.0762. The minimum Gasteiger partial charge on any atom is -0.381 e. The summed E-state index contributed by atoms with van der Waals surface area (Å²) in [7, 11) is 0.